The van der Waals surface area contributed by atoms with Gasteiger partial charge in [-0.25, -0.2) is 0 Å². The molecule has 0 unspecified atom stereocenters. The Morgan fingerprint density at radius 3 is 2.46 bits per heavy atom. The van der Waals surface area contributed by atoms with Crippen molar-refractivity contribution in [3.8, 4) is 11.3 Å². The van der Waals surface area contributed by atoms with Crippen LogP contribution in [-0.2, 0) is 6.54 Å². The number of hydrogen-bond acceptors (Lipinski definition) is 3. The van der Waals surface area contributed by atoms with Gasteiger partial charge in [-0.2, -0.15) is 0 Å². The van der Waals surface area contributed by atoms with E-state index < -0.39 is 0 Å². The van der Waals surface area contributed by atoms with Gasteiger partial charge in [-0.1, -0.05) is 41.1 Å². The Hall–Kier alpha value is -2.88. The van der Waals surface area contributed by atoms with Gasteiger partial charge in [0.25, 0.3) is 5.91 Å². The summed E-state index contributed by atoms with van der Waals surface area (Å²) in [6.07, 6.45) is 0. The smallest absolute Gasteiger partial charge is 0.251 e. The van der Waals surface area contributed by atoms with Crippen molar-refractivity contribution < 1.29 is 9.32 Å². The van der Waals surface area contributed by atoms with Crippen molar-refractivity contribution in [2.75, 3.05) is 0 Å². The minimum absolute atomic E-state index is 0.113. The first-order chi connectivity index (χ1) is 11.5. The average Bonchev–Trinajstić information content (AvgIpc) is 3.05. The largest absolute Gasteiger partial charge is 0.356 e. The lowest BCUT2D eigenvalue weighted by atomic mass is 10.1. The van der Waals surface area contributed by atoms with Crippen molar-refractivity contribution >= 4 is 5.91 Å². The Kier molecular flexibility index (Phi) is 4.47. The first-order valence-corrected chi connectivity index (χ1v) is 7.91. The maximum atomic E-state index is 12.2. The molecule has 4 nitrogen and oxygen atoms in total. The van der Waals surface area contributed by atoms with Crippen molar-refractivity contribution in [3.05, 3.63) is 76.5 Å². The highest BCUT2D eigenvalue weighted by Crippen LogP contribution is 2.20. The number of nitrogens with zero attached hydrogens (tertiary/aromatic N) is 1. The van der Waals surface area contributed by atoms with Gasteiger partial charge in [-0.3, -0.25) is 4.79 Å². The molecule has 24 heavy (non-hydrogen) atoms. The first-order valence-electron chi connectivity index (χ1n) is 7.91. The maximum Gasteiger partial charge on any atom is 0.251 e. The van der Waals surface area contributed by atoms with Crippen molar-refractivity contribution in [1.82, 2.24) is 10.5 Å². The van der Waals surface area contributed by atoms with Crippen LogP contribution < -0.4 is 5.32 Å². The van der Waals surface area contributed by atoms with Gasteiger partial charge in [0.15, 0.2) is 5.76 Å². The number of carbonyl (C=O) groups is 1. The van der Waals surface area contributed by atoms with Crippen molar-refractivity contribution in [1.29, 1.82) is 0 Å². The lowest BCUT2D eigenvalue weighted by Gasteiger charge is -2.05. The van der Waals surface area contributed by atoms with E-state index in [9.17, 15) is 4.79 Å². The molecule has 0 fully saturated rings. The van der Waals surface area contributed by atoms with E-state index in [1.54, 1.807) is 0 Å². The first kappa shape index (κ1) is 16.0. The number of rotatable bonds is 4. The minimum atomic E-state index is -0.113. The summed E-state index contributed by atoms with van der Waals surface area (Å²) in [6, 6.07) is 15.6. The van der Waals surface area contributed by atoms with E-state index in [-0.39, 0.29) is 5.91 Å². The Morgan fingerprint density at radius 1 is 1.00 bits per heavy atom. The van der Waals surface area contributed by atoms with E-state index in [2.05, 4.69) is 10.5 Å². The van der Waals surface area contributed by atoms with Gasteiger partial charge in [0.1, 0.15) is 5.69 Å². The quantitative estimate of drug-likeness (QED) is 0.784. The number of nitrogens with one attached hydrogen (secondary N) is 1. The monoisotopic (exact) mass is 320 g/mol. The molecule has 0 atom stereocenters. The van der Waals surface area contributed by atoms with Crippen LogP contribution in [0, 0.1) is 20.8 Å². The van der Waals surface area contributed by atoms with E-state index in [1.165, 1.54) is 11.1 Å². The molecule has 0 aliphatic carbocycles. The SMILES string of the molecule is Cc1ccc(-c2cc(CNC(=O)c3ccc(C)c(C)c3)no2)cc1. The highest BCUT2D eigenvalue weighted by Gasteiger charge is 2.10. The second-order valence-electron chi connectivity index (χ2n) is 6.03. The molecule has 0 saturated carbocycles. The lowest BCUT2D eigenvalue weighted by Crippen LogP contribution is -2.23. The van der Waals surface area contributed by atoms with Crippen LogP contribution in [0.5, 0.6) is 0 Å². The molecule has 1 amide bonds. The van der Waals surface area contributed by atoms with Crippen LogP contribution in [0.25, 0.3) is 11.3 Å². The summed E-state index contributed by atoms with van der Waals surface area (Å²) in [5.41, 5.74) is 5.79. The van der Waals surface area contributed by atoms with Gasteiger partial charge < -0.3 is 9.84 Å². The zero-order valence-corrected chi connectivity index (χ0v) is 14.1. The summed E-state index contributed by atoms with van der Waals surface area (Å²) in [7, 11) is 0. The second kappa shape index (κ2) is 6.71. The molecule has 0 aliphatic rings. The van der Waals surface area contributed by atoms with Crippen molar-refractivity contribution in [3.63, 3.8) is 0 Å². The zero-order chi connectivity index (χ0) is 17.1. The summed E-state index contributed by atoms with van der Waals surface area (Å²) < 4.78 is 5.36. The third kappa shape index (κ3) is 3.54. The molecule has 1 aromatic heterocycles. The van der Waals surface area contributed by atoms with Gasteiger partial charge in [0, 0.05) is 17.2 Å². The Bertz CT molecular complexity index is 864. The highest BCUT2D eigenvalue weighted by molar-refractivity contribution is 5.94. The normalized spacial score (nSPS) is 10.6. The number of carbonyl (C=O) groups excluding carboxylic acids is 1. The minimum Gasteiger partial charge on any atom is -0.356 e. The molecule has 122 valence electrons. The van der Waals surface area contributed by atoms with Crippen LogP contribution >= 0.6 is 0 Å². The number of hydrogen-bond donors (Lipinski definition) is 1. The van der Waals surface area contributed by atoms with E-state index >= 15 is 0 Å². The van der Waals surface area contributed by atoms with Gasteiger partial charge in [0.05, 0.1) is 6.54 Å². The predicted molar refractivity (Wildman–Crippen MR) is 93.8 cm³/mol. The van der Waals surface area contributed by atoms with E-state index in [0.29, 0.717) is 23.6 Å². The molecular formula is C20H20N2O2. The molecule has 3 aromatic rings. The molecular weight excluding hydrogens is 300 g/mol. The highest BCUT2D eigenvalue weighted by atomic mass is 16.5. The summed E-state index contributed by atoms with van der Waals surface area (Å²) in [6.45, 7) is 6.40. The molecule has 2 aromatic carbocycles. The van der Waals surface area contributed by atoms with Crippen molar-refractivity contribution in [2.45, 2.75) is 27.3 Å². The molecule has 3 rings (SSSR count). The van der Waals surface area contributed by atoms with E-state index in [4.69, 9.17) is 4.52 Å². The molecule has 0 aliphatic heterocycles. The topological polar surface area (TPSA) is 55.1 Å². The predicted octanol–water partition coefficient (Wildman–Crippen LogP) is 4.20. The molecule has 0 saturated heterocycles. The number of aromatic nitrogens is 1. The van der Waals surface area contributed by atoms with E-state index in [0.717, 1.165) is 11.1 Å². The molecule has 0 spiro atoms. The summed E-state index contributed by atoms with van der Waals surface area (Å²) >= 11 is 0. The fourth-order valence-corrected chi connectivity index (χ4v) is 2.40. The Balaban J connectivity index is 1.65. The van der Waals surface area contributed by atoms with Gasteiger partial charge in [-0.05, 0) is 44.0 Å². The van der Waals surface area contributed by atoms with Gasteiger partial charge in [-0.15, -0.1) is 0 Å². The standard InChI is InChI=1S/C20H20N2O2/c1-13-4-7-16(8-5-13)19-11-18(22-24-19)12-21-20(23)17-9-6-14(2)15(3)10-17/h4-11H,12H2,1-3H3,(H,21,23). The van der Waals surface area contributed by atoms with Crippen LogP contribution in [0.3, 0.4) is 0 Å². The molecule has 0 bridgehead atoms. The van der Waals surface area contributed by atoms with Crippen LogP contribution in [0.2, 0.25) is 0 Å². The summed E-state index contributed by atoms with van der Waals surface area (Å²) in [5.74, 6) is 0.586. The molecule has 1 heterocycles. The second-order valence-corrected chi connectivity index (χ2v) is 6.03. The number of aryl methyl sites for hydroxylation is 3. The van der Waals surface area contributed by atoms with Crippen LogP contribution in [0.4, 0.5) is 0 Å². The third-order valence-corrected chi connectivity index (χ3v) is 4.09. The van der Waals surface area contributed by atoms with Crippen LogP contribution in [-0.4, -0.2) is 11.1 Å². The fraction of sp³-hybridized carbons (Fsp3) is 0.200. The fourth-order valence-electron chi connectivity index (χ4n) is 2.40. The Morgan fingerprint density at radius 2 is 1.75 bits per heavy atom. The van der Waals surface area contributed by atoms with E-state index in [1.807, 2.05) is 69.3 Å². The molecule has 0 radical (unpaired) electrons. The van der Waals surface area contributed by atoms with Gasteiger partial charge >= 0.3 is 0 Å². The van der Waals surface area contributed by atoms with Crippen molar-refractivity contribution in [2.24, 2.45) is 0 Å². The van der Waals surface area contributed by atoms with Gasteiger partial charge in [0.2, 0.25) is 0 Å². The molecule has 4 heteroatoms. The van der Waals surface area contributed by atoms with Crippen LogP contribution in [0.1, 0.15) is 32.7 Å². The summed E-state index contributed by atoms with van der Waals surface area (Å²) in [5, 5.41) is 6.90. The lowest BCUT2D eigenvalue weighted by molar-refractivity contribution is 0.0950. The maximum absolute atomic E-state index is 12.2. The third-order valence-electron chi connectivity index (χ3n) is 4.09. The summed E-state index contributed by atoms with van der Waals surface area (Å²) in [4.78, 5) is 12.2. The zero-order valence-electron chi connectivity index (χ0n) is 14.1. The number of amides is 1. The number of benzene rings is 2. The average molecular weight is 320 g/mol. The van der Waals surface area contributed by atoms with Crippen LogP contribution in [0.15, 0.2) is 53.1 Å². The molecule has 1 N–H and O–H groups in total. The Labute approximate surface area is 141 Å².